The number of aromatic amines is 1. The molecule has 2 rings (SSSR count). The van der Waals surface area contributed by atoms with E-state index < -0.39 is 0 Å². The van der Waals surface area contributed by atoms with E-state index in [-0.39, 0.29) is 11.0 Å². The predicted molar refractivity (Wildman–Crippen MR) is 71.8 cm³/mol. The van der Waals surface area contributed by atoms with Crippen LogP contribution < -0.4 is 0 Å². The molecule has 0 amide bonds. The molecule has 0 radical (unpaired) electrons. The van der Waals surface area contributed by atoms with Gasteiger partial charge in [0, 0.05) is 5.56 Å². The van der Waals surface area contributed by atoms with Crippen LogP contribution in [0.1, 0.15) is 29.5 Å². The first-order valence-corrected chi connectivity index (χ1v) is 6.73. The molecule has 4 nitrogen and oxygen atoms in total. The fourth-order valence-corrected chi connectivity index (χ4v) is 2.56. The van der Waals surface area contributed by atoms with Gasteiger partial charge in [0.1, 0.15) is 5.82 Å². The molecule has 0 bridgehead atoms. The number of hydrogen-bond donors (Lipinski definition) is 1. The second-order valence-corrected chi connectivity index (χ2v) is 5.12. The van der Waals surface area contributed by atoms with Crippen molar-refractivity contribution in [2.45, 2.75) is 30.7 Å². The summed E-state index contributed by atoms with van der Waals surface area (Å²) >= 11 is 1.41. The van der Waals surface area contributed by atoms with Crippen LogP contribution in [0.5, 0.6) is 0 Å². The molecule has 0 spiro atoms. The maximum atomic E-state index is 12.3. The van der Waals surface area contributed by atoms with E-state index in [4.69, 9.17) is 0 Å². The molecule has 0 aliphatic heterocycles. The van der Waals surface area contributed by atoms with Gasteiger partial charge in [-0.1, -0.05) is 49.0 Å². The standard InChI is InChI=1S/C13H15N3OS/c1-3-11(18-13-14-9(2)15-16-13)12(17)10-7-5-4-6-8-10/h4-8,11H,3H2,1-2H3,(H,14,15,16). The number of ketones is 1. The SMILES string of the molecule is CCC(Sc1n[nH]c(C)n1)C(=O)c1ccccc1. The molecule has 1 unspecified atom stereocenters. The largest absolute Gasteiger partial charge is 0.293 e. The Morgan fingerprint density at radius 2 is 2.11 bits per heavy atom. The monoisotopic (exact) mass is 261 g/mol. The zero-order valence-electron chi connectivity index (χ0n) is 10.4. The lowest BCUT2D eigenvalue weighted by atomic mass is 10.1. The molecule has 94 valence electrons. The molecule has 1 atom stereocenters. The molecular weight excluding hydrogens is 246 g/mol. The number of nitrogens with zero attached hydrogens (tertiary/aromatic N) is 2. The Bertz CT molecular complexity index is 524. The highest BCUT2D eigenvalue weighted by Crippen LogP contribution is 2.25. The normalized spacial score (nSPS) is 12.3. The summed E-state index contributed by atoms with van der Waals surface area (Å²) in [6.45, 7) is 3.84. The van der Waals surface area contributed by atoms with Crippen LogP contribution in [0.3, 0.4) is 0 Å². The van der Waals surface area contributed by atoms with Gasteiger partial charge in [-0.05, 0) is 13.3 Å². The van der Waals surface area contributed by atoms with E-state index in [9.17, 15) is 4.79 Å². The molecule has 5 heteroatoms. The number of aromatic nitrogens is 3. The highest BCUT2D eigenvalue weighted by molar-refractivity contribution is 8.00. The minimum Gasteiger partial charge on any atom is -0.293 e. The van der Waals surface area contributed by atoms with Gasteiger partial charge >= 0.3 is 0 Å². The number of rotatable bonds is 5. The Labute approximate surface area is 110 Å². The van der Waals surface area contributed by atoms with E-state index in [0.29, 0.717) is 5.16 Å². The molecule has 1 heterocycles. The molecule has 0 saturated carbocycles. The van der Waals surface area contributed by atoms with Gasteiger partial charge in [-0.15, -0.1) is 5.10 Å². The van der Waals surface area contributed by atoms with Crippen LogP contribution in [0.15, 0.2) is 35.5 Å². The van der Waals surface area contributed by atoms with Crippen LogP contribution in [0.2, 0.25) is 0 Å². The quantitative estimate of drug-likeness (QED) is 0.664. The van der Waals surface area contributed by atoms with Gasteiger partial charge in [0.2, 0.25) is 5.16 Å². The maximum absolute atomic E-state index is 12.3. The lowest BCUT2D eigenvalue weighted by Gasteiger charge is -2.10. The van der Waals surface area contributed by atoms with Gasteiger partial charge in [-0.3, -0.25) is 9.89 Å². The van der Waals surface area contributed by atoms with Crippen molar-refractivity contribution in [1.82, 2.24) is 15.2 Å². The van der Waals surface area contributed by atoms with Gasteiger partial charge in [-0.2, -0.15) is 0 Å². The minimum atomic E-state index is -0.136. The molecule has 0 saturated heterocycles. The molecule has 1 N–H and O–H groups in total. The smallest absolute Gasteiger partial charge is 0.209 e. The van der Waals surface area contributed by atoms with Crippen molar-refractivity contribution in [2.24, 2.45) is 0 Å². The topological polar surface area (TPSA) is 58.6 Å². The van der Waals surface area contributed by atoms with E-state index in [2.05, 4.69) is 15.2 Å². The highest BCUT2D eigenvalue weighted by Gasteiger charge is 2.21. The lowest BCUT2D eigenvalue weighted by molar-refractivity contribution is 0.0988. The Morgan fingerprint density at radius 1 is 1.39 bits per heavy atom. The Hall–Kier alpha value is -1.62. The van der Waals surface area contributed by atoms with E-state index in [0.717, 1.165) is 17.8 Å². The molecular formula is C13H15N3OS. The summed E-state index contributed by atoms with van der Waals surface area (Å²) in [7, 11) is 0. The summed E-state index contributed by atoms with van der Waals surface area (Å²) < 4.78 is 0. The average molecular weight is 261 g/mol. The molecule has 2 aromatic rings. The zero-order valence-corrected chi connectivity index (χ0v) is 11.2. The van der Waals surface area contributed by atoms with Gasteiger partial charge < -0.3 is 0 Å². The highest BCUT2D eigenvalue weighted by atomic mass is 32.2. The minimum absolute atomic E-state index is 0.130. The molecule has 0 fully saturated rings. The predicted octanol–water partition coefficient (Wildman–Crippen LogP) is 2.87. The fraction of sp³-hybridized carbons (Fsp3) is 0.308. The molecule has 0 aliphatic rings. The average Bonchev–Trinajstić information content (AvgIpc) is 2.82. The summed E-state index contributed by atoms with van der Waals surface area (Å²) in [6.07, 6.45) is 0.756. The first-order valence-electron chi connectivity index (χ1n) is 5.85. The number of thioether (sulfide) groups is 1. The number of benzene rings is 1. The maximum Gasteiger partial charge on any atom is 0.209 e. The number of hydrogen-bond acceptors (Lipinski definition) is 4. The number of H-pyrrole nitrogens is 1. The Morgan fingerprint density at radius 3 is 2.67 bits per heavy atom. The zero-order chi connectivity index (χ0) is 13.0. The molecule has 18 heavy (non-hydrogen) atoms. The van der Waals surface area contributed by atoms with Crippen molar-refractivity contribution in [3.05, 3.63) is 41.7 Å². The van der Waals surface area contributed by atoms with E-state index in [1.165, 1.54) is 11.8 Å². The van der Waals surface area contributed by atoms with Crippen LogP contribution in [0.25, 0.3) is 0 Å². The first kappa shape index (κ1) is 12.8. The summed E-state index contributed by atoms with van der Waals surface area (Å²) in [5.74, 6) is 0.894. The van der Waals surface area contributed by atoms with E-state index in [1.807, 2.05) is 44.2 Å². The van der Waals surface area contributed by atoms with Gasteiger partial charge in [0.25, 0.3) is 0 Å². The second kappa shape index (κ2) is 5.82. The number of carbonyl (C=O) groups is 1. The molecule has 1 aromatic carbocycles. The van der Waals surface area contributed by atoms with Gasteiger partial charge in [0.05, 0.1) is 5.25 Å². The molecule has 1 aromatic heterocycles. The van der Waals surface area contributed by atoms with E-state index >= 15 is 0 Å². The third-order valence-electron chi connectivity index (χ3n) is 2.55. The summed E-state index contributed by atoms with van der Waals surface area (Å²) in [4.78, 5) is 16.5. The second-order valence-electron chi connectivity index (χ2n) is 3.95. The van der Waals surface area contributed by atoms with Crippen LogP contribution in [0.4, 0.5) is 0 Å². The van der Waals surface area contributed by atoms with Crippen LogP contribution in [-0.4, -0.2) is 26.2 Å². The Kier molecular flexibility index (Phi) is 4.15. The summed E-state index contributed by atoms with van der Waals surface area (Å²) in [5, 5.41) is 7.33. The number of carbonyl (C=O) groups excluding carboxylic acids is 1. The first-order chi connectivity index (χ1) is 8.70. The Balaban J connectivity index is 2.12. The van der Waals surface area contributed by atoms with Crippen molar-refractivity contribution in [2.75, 3.05) is 0 Å². The van der Waals surface area contributed by atoms with Crippen molar-refractivity contribution >= 4 is 17.5 Å². The van der Waals surface area contributed by atoms with Crippen molar-refractivity contribution < 1.29 is 4.79 Å². The van der Waals surface area contributed by atoms with Crippen molar-refractivity contribution in [3.63, 3.8) is 0 Å². The van der Waals surface area contributed by atoms with Crippen LogP contribution in [0, 0.1) is 6.92 Å². The lowest BCUT2D eigenvalue weighted by Crippen LogP contribution is -2.16. The third-order valence-corrected chi connectivity index (χ3v) is 3.77. The van der Waals surface area contributed by atoms with E-state index in [1.54, 1.807) is 0 Å². The number of aryl methyl sites for hydroxylation is 1. The fourth-order valence-electron chi connectivity index (χ4n) is 1.61. The number of Topliss-reactive ketones (excluding diaryl/α,β-unsaturated/α-hetero) is 1. The van der Waals surface area contributed by atoms with Crippen molar-refractivity contribution in [1.29, 1.82) is 0 Å². The van der Waals surface area contributed by atoms with Gasteiger partial charge in [0.15, 0.2) is 5.78 Å². The summed E-state index contributed by atoms with van der Waals surface area (Å²) in [5.41, 5.74) is 0.740. The number of nitrogens with one attached hydrogen (secondary N) is 1. The van der Waals surface area contributed by atoms with Gasteiger partial charge in [-0.25, -0.2) is 4.98 Å². The third kappa shape index (κ3) is 2.98. The molecule has 0 aliphatic carbocycles. The van der Waals surface area contributed by atoms with Crippen LogP contribution in [-0.2, 0) is 0 Å². The van der Waals surface area contributed by atoms with Crippen molar-refractivity contribution in [3.8, 4) is 0 Å². The summed E-state index contributed by atoms with van der Waals surface area (Å²) in [6, 6.07) is 9.34. The van der Waals surface area contributed by atoms with Crippen LogP contribution >= 0.6 is 11.8 Å².